The first-order valence-electron chi connectivity index (χ1n) is 17.0. The lowest BCUT2D eigenvalue weighted by Gasteiger charge is -2.44. The molecule has 0 radical (unpaired) electrons. The number of hydrogen-bond acceptors (Lipinski definition) is 6. The largest absolute Gasteiger partial charge is 0.444 e. The Labute approximate surface area is 292 Å². The third kappa shape index (κ3) is 12.6. The van der Waals surface area contributed by atoms with Crippen molar-refractivity contribution in [2.75, 3.05) is 25.0 Å². The molecule has 48 heavy (non-hydrogen) atoms. The summed E-state index contributed by atoms with van der Waals surface area (Å²) in [6, 6.07) is 13.0. The Balaban J connectivity index is 0.00000124. The number of halogens is 1. The van der Waals surface area contributed by atoms with E-state index in [1.54, 1.807) is 17.4 Å². The molecule has 3 aromatic rings. The molecule has 10 heteroatoms. The number of piperazine rings is 1. The molecule has 1 fully saturated rings. The van der Waals surface area contributed by atoms with Gasteiger partial charge in [-0.25, -0.2) is 9.78 Å². The summed E-state index contributed by atoms with van der Waals surface area (Å²) < 4.78 is 7.66. The maximum Gasteiger partial charge on any atom is 0.410 e. The zero-order valence-electron chi connectivity index (χ0n) is 30.0. The molecule has 2 heterocycles. The van der Waals surface area contributed by atoms with Crippen LogP contribution >= 0.6 is 11.6 Å². The van der Waals surface area contributed by atoms with Crippen LogP contribution in [0.2, 0.25) is 5.02 Å². The van der Waals surface area contributed by atoms with Crippen LogP contribution in [0.15, 0.2) is 73.3 Å². The van der Waals surface area contributed by atoms with Crippen molar-refractivity contribution in [3.8, 4) is 0 Å². The third-order valence-corrected chi connectivity index (χ3v) is 7.61. The van der Waals surface area contributed by atoms with E-state index in [9.17, 15) is 9.59 Å². The number of rotatable bonds is 10. The predicted octanol–water partition coefficient (Wildman–Crippen LogP) is 8.79. The van der Waals surface area contributed by atoms with Crippen molar-refractivity contribution in [3.63, 3.8) is 0 Å². The predicted molar refractivity (Wildman–Crippen MR) is 198 cm³/mol. The minimum Gasteiger partial charge on any atom is -0.444 e. The van der Waals surface area contributed by atoms with Gasteiger partial charge in [-0.1, -0.05) is 76.1 Å². The molecule has 2 amide bonds. The fraction of sp³-hybridized carbons (Fsp3) is 0.474. The second-order valence-corrected chi connectivity index (χ2v) is 12.7. The number of anilines is 1. The van der Waals surface area contributed by atoms with Crippen molar-refractivity contribution in [2.45, 2.75) is 98.9 Å². The van der Waals surface area contributed by atoms with Crippen molar-refractivity contribution in [3.05, 3.63) is 95.1 Å². The maximum atomic E-state index is 14.1. The SMILES string of the molecule is C/C=C/[C@@H](c1ccc(Cl)cc1CCC)N1CCN(C(=O)OC(C)(C)C)C[C@@H]1C(=O)Nc1cccc(Cn2ccnc2)c1.CC.CCC=N. The molecule has 4 rings (SSSR count). The first-order chi connectivity index (χ1) is 23.0. The highest BCUT2D eigenvalue weighted by Crippen LogP contribution is 2.32. The molecule has 1 aliphatic rings. The summed E-state index contributed by atoms with van der Waals surface area (Å²) in [7, 11) is 0. The molecule has 0 bridgehead atoms. The molecule has 2 aromatic carbocycles. The summed E-state index contributed by atoms with van der Waals surface area (Å²) in [5.41, 5.74) is 3.39. The molecular formula is C38H55ClN6O3. The first-order valence-corrected chi connectivity index (χ1v) is 17.4. The number of aromatic nitrogens is 2. The van der Waals surface area contributed by atoms with Crippen LogP contribution in [0, 0.1) is 5.41 Å². The number of ether oxygens (including phenoxy) is 1. The molecule has 1 aliphatic heterocycles. The van der Waals surface area contributed by atoms with E-state index in [0.29, 0.717) is 30.3 Å². The second-order valence-electron chi connectivity index (χ2n) is 12.3. The Hall–Kier alpha value is -3.95. The zero-order valence-corrected chi connectivity index (χ0v) is 30.8. The van der Waals surface area contributed by atoms with Gasteiger partial charge in [0.2, 0.25) is 5.91 Å². The van der Waals surface area contributed by atoms with Gasteiger partial charge in [-0.3, -0.25) is 9.69 Å². The van der Waals surface area contributed by atoms with Gasteiger partial charge in [-0.15, -0.1) is 0 Å². The van der Waals surface area contributed by atoms with Gasteiger partial charge in [-0.05, 0) is 87.7 Å². The number of benzene rings is 2. The fourth-order valence-electron chi connectivity index (χ4n) is 5.34. The van der Waals surface area contributed by atoms with E-state index in [1.807, 2.05) is 102 Å². The molecule has 0 saturated carbocycles. The number of carbonyl (C=O) groups is 2. The molecule has 2 N–H and O–H groups in total. The van der Waals surface area contributed by atoms with Gasteiger partial charge in [0, 0.05) is 49.3 Å². The Morgan fingerprint density at radius 2 is 1.88 bits per heavy atom. The van der Waals surface area contributed by atoms with Gasteiger partial charge in [-0.2, -0.15) is 0 Å². The smallest absolute Gasteiger partial charge is 0.410 e. The Morgan fingerprint density at radius 1 is 1.15 bits per heavy atom. The average molecular weight is 679 g/mol. The summed E-state index contributed by atoms with van der Waals surface area (Å²) in [4.78, 5) is 35.1. The monoisotopic (exact) mass is 678 g/mol. The molecule has 0 unspecified atom stereocenters. The van der Waals surface area contributed by atoms with Crippen LogP contribution in [0.4, 0.5) is 10.5 Å². The van der Waals surface area contributed by atoms with Crippen LogP contribution < -0.4 is 5.32 Å². The molecule has 0 spiro atoms. The van der Waals surface area contributed by atoms with Crippen molar-refractivity contribution in [2.24, 2.45) is 0 Å². The maximum absolute atomic E-state index is 14.1. The summed E-state index contributed by atoms with van der Waals surface area (Å²) in [5, 5.41) is 10.2. The standard InChI is InChI=1S/C33H42ClN5O3.C3H7N.C2H6/c1-6-9-25-20-26(34)13-14-28(25)29(10-7-2)39-18-17-38(32(41)42-33(3,4)5)22-30(39)31(40)36-27-12-8-11-24(19-27)21-37-16-15-35-23-37;1-2-3-4;1-2/h7-8,10-16,19-20,23,29-30H,6,9,17-18,21-22H2,1-5H3,(H,36,40);3-4H,2H2,1H3;1-2H3/b10-7+;;/t29-,30+;;/m0../s1. The molecule has 0 aliphatic carbocycles. The van der Waals surface area contributed by atoms with Gasteiger partial charge in [0.25, 0.3) is 0 Å². The van der Waals surface area contributed by atoms with E-state index in [4.69, 9.17) is 21.7 Å². The van der Waals surface area contributed by atoms with Crippen molar-refractivity contribution < 1.29 is 14.3 Å². The Morgan fingerprint density at radius 3 is 2.48 bits per heavy atom. The minimum atomic E-state index is -0.631. The average Bonchev–Trinajstić information content (AvgIpc) is 3.57. The van der Waals surface area contributed by atoms with Crippen molar-refractivity contribution in [1.82, 2.24) is 19.4 Å². The molecular weight excluding hydrogens is 624 g/mol. The molecule has 2 atom stereocenters. The van der Waals surface area contributed by atoms with Crippen molar-refractivity contribution in [1.29, 1.82) is 5.41 Å². The summed E-state index contributed by atoms with van der Waals surface area (Å²) >= 11 is 6.39. The summed E-state index contributed by atoms with van der Waals surface area (Å²) in [6.45, 7) is 17.4. The summed E-state index contributed by atoms with van der Waals surface area (Å²) in [5.74, 6) is -0.177. The highest BCUT2D eigenvalue weighted by Gasteiger charge is 2.39. The Kier molecular flexibility index (Phi) is 17.1. The number of carbonyl (C=O) groups excluding carboxylic acids is 2. The van der Waals surface area contributed by atoms with Gasteiger partial charge in [0.15, 0.2) is 0 Å². The molecule has 1 saturated heterocycles. The lowest BCUT2D eigenvalue weighted by atomic mass is 9.93. The van der Waals surface area contributed by atoms with E-state index < -0.39 is 17.7 Å². The van der Waals surface area contributed by atoms with Crippen LogP contribution in [-0.4, -0.2) is 68.8 Å². The van der Waals surface area contributed by atoms with Gasteiger partial charge >= 0.3 is 6.09 Å². The van der Waals surface area contributed by atoms with Gasteiger partial charge in [0.05, 0.1) is 12.4 Å². The normalized spacial score (nSPS) is 15.4. The van der Waals surface area contributed by atoms with E-state index >= 15 is 0 Å². The van der Waals surface area contributed by atoms with E-state index in [1.165, 1.54) is 6.21 Å². The van der Waals surface area contributed by atoms with Gasteiger partial charge < -0.3 is 24.9 Å². The fourth-order valence-corrected chi connectivity index (χ4v) is 5.54. The van der Waals surface area contributed by atoms with Crippen LogP contribution in [0.1, 0.15) is 91.0 Å². The highest BCUT2D eigenvalue weighted by molar-refractivity contribution is 6.30. The van der Waals surface area contributed by atoms with E-state index in [0.717, 1.165) is 36.0 Å². The number of nitrogens with one attached hydrogen (secondary N) is 2. The molecule has 1 aromatic heterocycles. The van der Waals surface area contributed by atoms with Crippen LogP contribution in [0.3, 0.4) is 0 Å². The number of allylic oxidation sites excluding steroid dienone is 1. The lowest BCUT2D eigenvalue weighted by Crippen LogP contribution is -2.60. The molecule has 262 valence electrons. The zero-order chi connectivity index (χ0) is 35.7. The summed E-state index contributed by atoms with van der Waals surface area (Å²) in [6.07, 6.45) is 13.2. The van der Waals surface area contributed by atoms with Crippen molar-refractivity contribution >= 4 is 35.5 Å². The quantitative estimate of drug-likeness (QED) is 0.165. The van der Waals surface area contributed by atoms with Crippen LogP contribution in [0.25, 0.3) is 0 Å². The minimum absolute atomic E-state index is 0.169. The Bertz CT molecular complexity index is 1450. The van der Waals surface area contributed by atoms with E-state index in [2.05, 4.69) is 34.3 Å². The highest BCUT2D eigenvalue weighted by atomic mass is 35.5. The number of aryl methyl sites for hydroxylation is 1. The number of nitrogens with zero attached hydrogens (tertiary/aromatic N) is 4. The van der Waals surface area contributed by atoms with Crippen LogP contribution in [-0.2, 0) is 22.5 Å². The van der Waals surface area contributed by atoms with Gasteiger partial charge in [0.1, 0.15) is 11.6 Å². The number of imidazole rings is 1. The third-order valence-electron chi connectivity index (χ3n) is 7.37. The topological polar surface area (TPSA) is 104 Å². The van der Waals surface area contributed by atoms with Crippen LogP contribution in [0.5, 0.6) is 0 Å². The number of hydrogen-bond donors (Lipinski definition) is 2. The lowest BCUT2D eigenvalue weighted by molar-refractivity contribution is -0.124. The number of amides is 2. The first kappa shape index (κ1) is 40.2. The van der Waals surface area contributed by atoms with E-state index in [-0.39, 0.29) is 18.5 Å². The molecule has 9 nitrogen and oxygen atoms in total. The second kappa shape index (κ2) is 20.4.